The van der Waals surface area contributed by atoms with Crippen molar-refractivity contribution in [2.75, 3.05) is 7.05 Å². The molecule has 0 aliphatic rings. The van der Waals surface area contributed by atoms with Gasteiger partial charge in [0.15, 0.2) is 0 Å². The zero-order chi connectivity index (χ0) is 13.4. The van der Waals surface area contributed by atoms with E-state index in [0.29, 0.717) is 0 Å². The Hall–Kier alpha value is -1.67. The summed E-state index contributed by atoms with van der Waals surface area (Å²) in [6.45, 7) is 4.00. The second-order valence-electron chi connectivity index (χ2n) is 3.87. The van der Waals surface area contributed by atoms with Crippen molar-refractivity contribution in [2.24, 2.45) is 0 Å². The third-order valence-corrected chi connectivity index (χ3v) is 2.85. The standard InChI is InChI=1S/C14H15NO.C2H6.H2/c1-15-13(10-16)9-12-7-4-6-11-5-2-3-8-14(11)12;1-2;/h2-8,10,13,15H,9H2,1H3;1-2H3;1H/t13-;;/m0../s1. The SMILES string of the molecule is CC.CN[C@H](C=O)Cc1cccc2ccccc12.[HH]. The molecular weight excluding hydrogens is 222 g/mol. The van der Waals surface area contributed by atoms with E-state index in [1.165, 1.54) is 16.3 Å². The molecule has 0 radical (unpaired) electrons. The molecule has 0 amide bonds. The van der Waals surface area contributed by atoms with E-state index in [1.807, 2.05) is 39.1 Å². The van der Waals surface area contributed by atoms with E-state index in [9.17, 15) is 4.79 Å². The molecule has 98 valence electrons. The molecule has 18 heavy (non-hydrogen) atoms. The average Bonchev–Trinajstić information content (AvgIpc) is 2.47. The molecule has 0 spiro atoms. The first kappa shape index (κ1) is 14.4. The maximum Gasteiger partial charge on any atom is 0.137 e. The summed E-state index contributed by atoms with van der Waals surface area (Å²) < 4.78 is 0. The topological polar surface area (TPSA) is 29.1 Å². The Morgan fingerprint density at radius 2 is 1.83 bits per heavy atom. The lowest BCUT2D eigenvalue weighted by Gasteiger charge is -2.11. The minimum atomic E-state index is -0.106. The maximum atomic E-state index is 10.8. The van der Waals surface area contributed by atoms with E-state index < -0.39 is 0 Å². The van der Waals surface area contributed by atoms with Crippen molar-refractivity contribution >= 4 is 17.1 Å². The van der Waals surface area contributed by atoms with Crippen LogP contribution in [0.25, 0.3) is 10.8 Å². The molecule has 2 nitrogen and oxygen atoms in total. The molecular formula is C16H23NO. The van der Waals surface area contributed by atoms with Gasteiger partial charge in [0.05, 0.1) is 6.04 Å². The zero-order valence-electron chi connectivity index (χ0n) is 11.3. The van der Waals surface area contributed by atoms with Crippen molar-refractivity contribution in [2.45, 2.75) is 26.3 Å². The number of carbonyl (C=O) groups is 1. The molecule has 0 fully saturated rings. The number of rotatable bonds is 4. The summed E-state index contributed by atoms with van der Waals surface area (Å²) in [7, 11) is 1.81. The number of hydrogen-bond donors (Lipinski definition) is 1. The Balaban J connectivity index is 0.00000103. The molecule has 0 saturated carbocycles. The molecule has 0 unspecified atom stereocenters. The van der Waals surface area contributed by atoms with Crippen LogP contribution in [0.2, 0.25) is 0 Å². The molecule has 1 atom stereocenters. The molecule has 2 aromatic carbocycles. The van der Waals surface area contributed by atoms with Crippen molar-refractivity contribution in [3.63, 3.8) is 0 Å². The number of fused-ring (bicyclic) bond motifs is 1. The molecule has 2 aromatic rings. The number of benzene rings is 2. The van der Waals surface area contributed by atoms with E-state index >= 15 is 0 Å². The predicted octanol–water partition coefficient (Wildman–Crippen LogP) is 3.44. The zero-order valence-corrected chi connectivity index (χ0v) is 11.3. The fourth-order valence-electron chi connectivity index (χ4n) is 1.93. The Morgan fingerprint density at radius 3 is 2.50 bits per heavy atom. The van der Waals surface area contributed by atoms with Gasteiger partial charge < -0.3 is 10.1 Å². The largest absolute Gasteiger partial charge is 0.311 e. The summed E-state index contributed by atoms with van der Waals surface area (Å²) in [5.74, 6) is 0. The second kappa shape index (κ2) is 7.62. The van der Waals surface area contributed by atoms with Gasteiger partial charge in [-0.05, 0) is 29.8 Å². The molecule has 0 aromatic heterocycles. The van der Waals surface area contributed by atoms with Crippen LogP contribution in [0.1, 0.15) is 20.8 Å². The van der Waals surface area contributed by atoms with Gasteiger partial charge in [-0.1, -0.05) is 56.3 Å². The Labute approximate surface area is 111 Å². The van der Waals surface area contributed by atoms with Gasteiger partial charge in [0.1, 0.15) is 6.29 Å². The molecule has 0 aliphatic carbocycles. The first-order valence-corrected chi connectivity index (χ1v) is 6.44. The van der Waals surface area contributed by atoms with Gasteiger partial charge >= 0.3 is 0 Å². The van der Waals surface area contributed by atoms with E-state index in [1.54, 1.807) is 0 Å². The summed E-state index contributed by atoms with van der Waals surface area (Å²) >= 11 is 0. The maximum absolute atomic E-state index is 10.8. The molecule has 2 heteroatoms. The summed E-state index contributed by atoms with van der Waals surface area (Å²) in [4.78, 5) is 10.8. The highest BCUT2D eigenvalue weighted by molar-refractivity contribution is 5.86. The Bertz CT molecular complexity index is 494. The monoisotopic (exact) mass is 245 g/mol. The number of carbonyl (C=O) groups excluding carboxylic acids is 1. The number of likely N-dealkylation sites (N-methyl/N-ethyl adjacent to an activating group) is 1. The molecule has 1 N–H and O–H groups in total. The smallest absolute Gasteiger partial charge is 0.137 e. The fraction of sp³-hybridized carbons (Fsp3) is 0.312. The van der Waals surface area contributed by atoms with Crippen LogP contribution in [0, 0.1) is 0 Å². The Morgan fingerprint density at radius 1 is 1.17 bits per heavy atom. The van der Waals surface area contributed by atoms with Crippen molar-refractivity contribution in [3.05, 3.63) is 48.0 Å². The molecule has 0 saturated heterocycles. The average molecular weight is 245 g/mol. The van der Waals surface area contributed by atoms with Crippen LogP contribution in [-0.2, 0) is 11.2 Å². The van der Waals surface area contributed by atoms with Gasteiger partial charge in [-0.25, -0.2) is 0 Å². The van der Waals surface area contributed by atoms with Gasteiger partial charge in [-0.3, -0.25) is 0 Å². The first-order valence-electron chi connectivity index (χ1n) is 6.44. The van der Waals surface area contributed by atoms with E-state index in [4.69, 9.17) is 0 Å². The predicted molar refractivity (Wildman–Crippen MR) is 80.0 cm³/mol. The molecule has 0 aliphatic heterocycles. The highest BCUT2D eigenvalue weighted by Gasteiger charge is 2.07. The molecule has 2 rings (SSSR count). The van der Waals surface area contributed by atoms with Gasteiger partial charge in [0.25, 0.3) is 0 Å². The molecule has 0 heterocycles. The summed E-state index contributed by atoms with van der Waals surface area (Å²) in [6.07, 6.45) is 1.70. The first-order chi connectivity index (χ1) is 8.85. The minimum Gasteiger partial charge on any atom is -0.311 e. The van der Waals surface area contributed by atoms with Crippen LogP contribution < -0.4 is 5.32 Å². The Kier molecular flexibility index (Phi) is 6.09. The van der Waals surface area contributed by atoms with Gasteiger partial charge in [-0.2, -0.15) is 0 Å². The van der Waals surface area contributed by atoms with Crippen LogP contribution in [0.3, 0.4) is 0 Å². The lowest BCUT2D eigenvalue weighted by atomic mass is 9.99. The highest BCUT2D eigenvalue weighted by Crippen LogP contribution is 2.19. The minimum absolute atomic E-state index is 0. The van der Waals surface area contributed by atoms with E-state index in [-0.39, 0.29) is 7.47 Å². The number of nitrogens with one attached hydrogen (secondary N) is 1. The normalized spacial score (nSPS) is 11.5. The van der Waals surface area contributed by atoms with E-state index in [0.717, 1.165) is 12.7 Å². The van der Waals surface area contributed by atoms with Crippen LogP contribution in [0.5, 0.6) is 0 Å². The van der Waals surface area contributed by atoms with Crippen LogP contribution >= 0.6 is 0 Å². The van der Waals surface area contributed by atoms with Crippen molar-refractivity contribution in [3.8, 4) is 0 Å². The van der Waals surface area contributed by atoms with Crippen molar-refractivity contribution in [1.82, 2.24) is 5.32 Å². The van der Waals surface area contributed by atoms with Crippen LogP contribution in [0.15, 0.2) is 42.5 Å². The van der Waals surface area contributed by atoms with Gasteiger partial charge in [0, 0.05) is 1.43 Å². The lowest BCUT2D eigenvalue weighted by molar-refractivity contribution is -0.109. The lowest BCUT2D eigenvalue weighted by Crippen LogP contribution is -2.28. The quantitative estimate of drug-likeness (QED) is 0.836. The fourth-order valence-corrected chi connectivity index (χ4v) is 1.93. The van der Waals surface area contributed by atoms with Crippen LogP contribution in [0.4, 0.5) is 0 Å². The number of aldehydes is 1. The van der Waals surface area contributed by atoms with Crippen molar-refractivity contribution in [1.29, 1.82) is 0 Å². The summed E-state index contributed by atoms with van der Waals surface area (Å²) in [5.41, 5.74) is 1.21. The molecule has 0 bridgehead atoms. The van der Waals surface area contributed by atoms with Crippen LogP contribution in [-0.4, -0.2) is 19.4 Å². The third-order valence-electron chi connectivity index (χ3n) is 2.85. The summed E-state index contributed by atoms with van der Waals surface area (Å²) in [5, 5.41) is 5.45. The number of hydrogen-bond acceptors (Lipinski definition) is 2. The second-order valence-corrected chi connectivity index (χ2v) is 3.87. The van der Waals surface area contributed by atoms with Crippen molar-refractivity contribution < 1.29 is 6.22 Å². The van der Waals surface area contributed by atoms with Gasteiger partial charge in [0.2, 0.25) is 0 Å². The van der Waals surface area contributed by atoms with E-state index in [2.05, 4.69) is 29.6 Å². The summed E-state index contributed by atoms with van der Waals surface area (Å²) in [6, 6.07) is 14.4. The highest BCUT2D eigenvalue weighted by atomic mass is 16.1. The van der Waals surface area contributed by atoms with Gasteiger partial charge in [-0.15, -0.1) is 0 Å². The third kappa shape index (κ3) is 3.41.